The minimum Gasteiger partial charge on any atom is -0.508 e. The number of phenolic OH excluding ortho intramolecular Hbond substituents is 1. The number of nitrogens with two attached hydrogens (primary N) is 1. The first-order chi connectivity index (χ1) is 11.1. The van der Waals surface area contributed by atoms with Gasteiger partial charge in [0.2, 0.25) is 5.95 Å². The van der Waals surface area contributed by atoms with Gasteiger partial charge in [-0.3, -0.25) is 0 Å². The number of aromatic nitrogens is 2. The predicted octanol–water partition coefficient (Wildman–Crippen LogP) is 1.13. The molecule has 1 fully saturated rings. The molecule has 0 amide bonds. The number of nitrogens with zero attached hydrogens (tertiary/aromatic N) is 4. The molecule has 0 saturated carbocycles. The minimum atomic E-state index is 0.261. The molecule has 0 spiro atoms. The van der Waals surface area contributed by atoms with Gasteiger partial charge in [-0.1, -0.05) is 12.1 Å². The van der Waals surface area contributed by atoms with E-state index in [4.69, 9.17) is 5.73 Å². The lowest BCUT2D eigenvalue weighted by Gasteiger charge is -2.33. The van der Waals surface area contributed by atoms with E-state index in [-0.39, 0.29) is 11.7 Å². The summed E-state index contributed by atoms with van der Waals surface area (Å²) in [6.07, 6.45) is 0. The molecule has 23 heavy (non-hydrogen) atoms. The molecule has 7 heteroatoms. The van der Waals surface area contributed by atoms with Gasteiger partial charge in [-0.05, 0) is 24.7 Å². The van der Waals surface area contributed by atoms with Crippen molar-refractivity contribution in [2.24, 2.45) is 0 Å². The molecule has 0 bridgehead atoms. The van der Waals surface area contributed by atoms with Crippen LogP contribution in [0.3, 0.4) is 0 Å². The standard InChI is InChI=1S/C16H22N6O/c1-21-6-8-22(9-7-21)15-10-14(19-16(17)20-15)18-11-12-2-4-13(23)5-3-12/h2-5,10,23H,6-9,11H2,1H3,(H3,17,18,19,20). The largest absolute Gasteiger partial charge is 0.508 e. The Labute approximate surface area is 135 Å². The van der Waals surface area contributed by atoms with E-state index in [2.05, 4.69) is 32.1 Å². The molecule has 122 valence electrons. The van der Waals surface area contributed by atoms with Crippen molar-refractivity contribution in [3.05, 3.63) is 35.9 Å². The summed E-state index contributed by atoms with van der Waals surface area (Å²) in [6, 6.07) is 9.01. The van der Waals surface area contributed by atoms with Crippen molar-refractivity contribution < 1.29 is 5.11 Å². The first kappa shape index (κ1) is 15.4. The molecule has 0 radical (unpaired) electrons. The third-order valence-corrected chi connectivity index (χ3v) is 3.97. The van der Waals surface area contributed by atoms with Gasteiger partial charge in [-0.2, -0.15) is 9.97 Å². The zero-order valence-corrected chi connectivity index (χ0v) is 13.2. The van der Waals surface area contributed by atoms with Crippen LogP contribution in [0.2, 0.25) is 0 Å². The topological polar surface area (TPSA) is 90.5 Å². The van der Waals surface area contributed by atoms with Crippen molar-refractivity contribution in [3.8, 4) is 5.75 Å². The lowest BCUT2D eigenvalue weighted by molar-refractivity contribution is 0.312. The number of benzene rings is 1. The number of nitrogen functional groups attached to an aromatic ring is 1. The lowest BCUT2D eigenvalue weighted by atomic mass is 10.2. The predicted molar refractivity (Wildman–Crippen MR) is 91.6 cm³/mol. The van der Waals surface area contributed by atoms with Crippen molar-refractivity contribution in [2.75, 3.05) is 49.2 Å². The number of hydrogen-bond donors (Lipinski definition) is 3. The number of aromatic hydroxyl groups is 1. The number of likely N-dealkylation sites (N-methyl/N-ethyl adjacent to an activating group) is 1. The molecule has 0 unspecified atom stereocenters. The molecule has 2 heterocycles. The van der Waals surface area contributed by atoms with Crippen LogP contribution in [0.5, 0.6) is 5.75 Å². The summed E-state index contributed by atoms with van der Waals surface area (Å²) in [7, 11) is 2.12. The fraction of sp³-hybridized carbons (Fsp3) is 0.375. The SMILES string of the molecule is CN1CCN(c2cc(NCc3ccc(O)cc3)nc(N)n2)CC1. The third kappa shape index (κ3) is 4.01. The summed E-state index contributed by atoms with van der Waals surface area (Å²) >= 11 is 0. The summed E-state index contributed by atoms with van der Waals surface area (Å²) in [6.45, 7) is 4.51. The highest BCUT2D eigenvalue weighted by Gasteiger charge is 2.16. The monoisotopic (exact) mass is 314 g/mol. The smallest absolute Gasteiger partial charge is 0.223 e. The van der Waals surface area contributed by atoms with E-state index in [1.54, 1.807) is 12.1 Å². The number of phenols is 1. The maximum atomic E-state index is 9.31. The Balaban J connectivity index is 1.68. The maximum absolute atomic E-state index is 9.31. The number of hydrogen-bond acceptors (Lipinski definition) is 7. The van der Waals surface area contributed by atoms with Crippen LogP contribution in [0.25, 0.3) is 0 Å². The van der Waals surface area contributed by atoms with Crippen LogP contribution < -0.4 is 16.0 Å². The highest BCUT2D eigenvalue weighted by Crippen LogP contribution is 2.19. The van der Waals surface area contributed by atoms with Crippen LogP contribution in [0.15, 0.2) is 30.3 Å². The van der Waals surface area contributed by atoms with Gasteiger partial charge in [0, 0.05) is 38.8 Å². The average Bonchev–Trinajstić information content (AvgIpc) is 2.54. The summed E-state index contributed by atoms with van der Waals surface area (Å²) in [5, 5.41) is 12.6. The molecule has 4 N–H and O–H groups in total. The van der Waals surface area contributed by atoms with E-state index in [1.165, 1.54) is 0 Å². The molecule has 3 rings (SSSR count). The molecule has 1 saturated heterocycles. The van der Waals surface area contributed by atoms with Crippen molar-refractivity contribution in [2.45, 2.75) is 6.54 Å². The van der Waals surface area contributed by atoms with Gasteiger partial charge in [-0.25, -0.2) is 0 Å². The molecule has 0 atom stereocenters. The van der Waals surface area contributed by atoms with Gasteiger partial charge in [0.1, 0.15) is 17.4 Å². The number of rotatable bonds is 4. The summed E-state index contributed by atoms with van der Waals surface area (Å²) in [5.74, 6) is 2.10. The minimum absolute atomic E-state index is 0.261. The van der Waals surface area contributed by atoms with Crippen molar-refractivity contribution >= 4 is 17.6 Å². The molecular weight excluding hydrogens is 292 g/mol. The normalized spacial score (nSPS) is 15.6. The van der Waals surface area contributed by atoms with Gasteiger partial charge in [0.25, 0.3) is 0 Å². The number of piperazine rings is 1. The van der Waals surface area contributed by atoms with Gasteiger partial charge in [0.05, 0.1) is 0 Å². The molecule has 1 aromatic heterocycles. The lowest BCUT2D eigenvalue weighted by Crippen LogP contribution is -2.44. The van der Waals surface area contributed by atoms with E-state index in [0.717, 1.165) is 37.6 Å². The fourth-order valence-electron chi connectivity index (χ4n) is 2.55. The quantitative estimate of drug-likeness (QED) is 0.779. The Morgan fingerprint density at radius 1 is 1.13 bits per heavy atom. The Hall–Kier alpha value is -2.54. The van der Waals surface area contributed by atoms with E-state index in [0.29, 0.717) is 12.4 Å². The summed E-state index contributed by atoms with van der Waals surface area (Å²) in [4.78, 5) is 13.1. The number of anilines is 3. The zero-order chi connectivity index (χ0) is 16.2. The van der Waals surface area contributed by atoms with E-state index in [9.17, 15) is 5.11 Å². The van der Waals surface area contributed by atoms with E-state index < -0.39 is 0 Å². The van der Waals surface area contributed by atoms with E-state index >= 15 is 0 Å². The molecule has 7 nitrogen and oxygen atoms in total. The maximum Gasteiger partial charge on any atom is 0.223 e. The summed E-state index contributed by atoms with van der Waals surface area (Å²) in [5.41, 5.74) is 6.91. The molecule has 1 aliphatic heterocycles. The Kier molecular flexibility index (Phi) is 4.47. The first-order valence-electron chi connectivity index (χ1n) is 7.70. The molecule has 1 aliphatic rings. The van der Waals surface area contributed by atoms with Crippen LogP contribution >= 0.6 is 0 Å². The van der Waals surface area contributed by atoms with Crippen LogP contribution in [-0.2, 0) is 6.54 Å². The van der Waals surface area contributed by atoms with Crippen molar-refractivity contribution in [1.29, 1.82) is 0 Å². The molecule has 1 aromatic carbocycles. The number of nitrogens with one attached hydrogen (secondary N) is 1. The van der Waals surface area contributed by atoms with Gasteiger partial charge < -0.3 is 26.0 Å². The van der Waals surface area contributed by atoms with Gasteiger partial charge in [-0.15, -0.1) is 0 Å². The van der Waals surface area contributed by atoms with E-state index in [1.807, 2.05) is 18.2 Å². The third-order valence-electron chi connectivity index (χ3n) is 3.97. The second-order valence-corrected chi connectivity index (χ2v) is 5.78. The Bertz CT molecular complexity index is 652. The van der Waals surface area contributed by atoms with Crippen LogP contribution in [-0.4, -0.2) is 53.2 Å². The first-order valence-corrected chi connectivity index (χ1v) is 7.70. The van der Waals surface area contributed by atoms with Crippen molar-refractivity contribution in [3.63, 3.8) is 0 Å². The fourth-order valence-corrected chi connectivity index (χ4v) is 2.55. The van der Waals surface area contributed by atoms with Crippen LogP contribution in [0.4, 0.5) is 17.6 Å². The zero-order valence-electron chi connectivity index (χ0n) is 13.2. The molecule has 2 aromatic rings. The molecular formula is C16H22N6O. The highest BCUT2D eigenvalue weighted by molar-refractivity contribution is 5.53. The Morgan fingerprint density at radius 3 is 2.52 bits per heavy atom. The van der Waals surface area contributed by atoms with Crippen molar-refractivity contribution in [1.82, 2.24) is 14.9 Å². The highest BCUT2D eigenvalue weighted by atomic mass is 16.3. The average molecular weight is 314 g/mol. The molecule has 0 aliphatic carbocycles. The Morgan fingerprint density at radius 2 is 1.83 bits per heavy atom. The second-order valence-electron chi connectivity index (χ2n) is 5.78. The van der Waals surface area contributed by atoms with Gasteiger partial charge >= 0.3 is 0 Å². The second kappa shape index (κ2) is 6.70. The summed E-state index contributed by atoms with van der Waals surface area (Å²) < 4.78 is 0. The van der Waals surface area contributed by atoms with Crippen LogP contribution in [0.1, 0.15) is 5.56 Å². The van der Waals surface area contributed by atoms with Gasteiger partial charge in [0.15, 0.2) is 0 Å². The van der Waals surface area contributed by atoms with Crippen LogP contribution in [0, 0.1) is 0 Å².